The normalized spacial score (nSPS) is 12.5. The predicted molar refractivity (Wildman–Crippen MR) is 65.9 cm³/mol. The van der Waals surface area contributed by atoms with Gasteiger partial charge in [-0.3, -0.25) is 4.79 Å². The van der Waals surface area contributed by atoms with Crippen LogP contribution in [0.3, 0.4) is 0 Å². The highest BCUT2D eigenvalue weighted by Gasteiger charge is 2.11. The Bertz CT molecular complexity index is 324. The van der Waals surface area contributed by atoms with Crippen molar-refractivity contribution in [1.29, 1.82) is 0 Å². The van der Waals surface area contributed by atoms with Gasteiger partial charge in [-0.1, -0.05) is 13.3 Å². The number of thiophene rings is 1. The third-order valence-corrected chi connectivity index (χ3v) is 3.42. The van der Waals surface area contributed by atoms with Crippen LogP contribution in [-0.4, -0.2) is 17.8 Å². The summed E-state index contributed by atoms with van der Waals surface area (Å²) in [5.74, 6) is -0.0181. The van der Waals surface area contributed by atoms with Crippen molar-refractivity contribution in [3.05, 3.63) is 21.9 Å². The number of hydrogen-bond donors (Lipinski definition) is 1. The van der Waals surface area contributed by atoms with E-state index in [4.69, 9.17) is 11.6 Å². The van der Waals surface area contributed by atoms with Crippen molar-refractivity contribution in [3.8, 4) is 0 Å². The van der Waals surface area contributed by atoms with Gasteiger partial charge in [-0.15, -0.1) is 11.6 Å². The van der Waals surface area contributed by atoms with Crippen LogP contribution in [0.4, 0.5) is 0 Å². The minimum Gasteiger partial charge on any atom is -0.351 e. The molecular weight excluding hydrogens is 230 g/mol. The Hall–Kier alpha value is -0.540. The molecule has 1 rings (SSSR count). The lowest BCUT2D eigenvalue weighted by atomic mass is 10.2. The van der Waals surface area contributed by atoms with Gasteiger partial charge in [-0.25, -0.2) is 0 Å². The van der Waals surface area contributed by atoms with Gasteiger partial charge in [0.1, 0.15) is 0 Å². The molecule has 0 aliphatic heterocycles. The summed E-state index contributed by atoms with van der Waals surface area (Å²) in [7, 11) is 0. The van der Waals surface area contributed by atoms with Crippen LogP contribution >= 0.6 is 22.9 Å². The molecule has 1 N–H and O–H groups in total. The highest BCUT2D eigenvalue weighted by atomic mass is 35.5. The quantitative estimate of drug-likeness (QED) is 0.794. The molecule has 0 radical (unpaired) electrons. The van der Waals surface area contributed by atoms with Crippen molar-refractivity contribution >= 4 is 28.8 Å². The average Bonchev–Trinajstić information content (AvgIpc) is 2.61. The molecule has 1 aromatic heterocycles. The summed E-state index contributed by atoms with van der Waals surface area (Å²) in [4.78, 5) is 11.7. The molecule has 0 saturated carbocycles. The van der Waals surface area contributed by atoms with Gasteiger partial charge in [0.15, 0.2) is 0 Å². The van der Waals surface area contributed by atoms with Crippen LogP contribution in [-0.2, 0) is 0 Å². The van der Waals surface area contributed by atoms with E-state index < -0.39 is 0 Å². The van der Waals surface area contributed by atoms with Crippen molar-refractivity contribution in [2.24, 2.45) is 0 Å². The van der Waals surface area contributed by atoms with Gasteiger partial charge in [0.2, 0.25) is 0 Å². The highest BCUT2D eigenvalue weighted by Crippen LogP contribution is 2.13. The Balaban J connectivity index is 2.40. The molecule has 1 unspecified atom stereocenters. The minimum atomic E-state index is -0.0181. The van der Waals surface area contributed by atoms with Crippen molar-refractivity contribution in [3.63, 3.8) is 0 Å². The summed E-state index contributed by atoms with van der Waals surface area (Å²) in [5.41, 5.74) is 1.79. The Morgan fingerprint density at radius 1 is 1.60 bits per heavy atom. The molecule has 0 fully saturated rings. The van der Waals surface area contributed by atoms with Gasteiger partial charge in [-0.05, 0) is 24.3 Å². The second-order valence-corrected chi connectivity index (χ2v) is 4.93. The molecule has 0 saturated heterocycles. The molecule has 1 atom stereocenters. The summed E-state index contributed by atoms with van der Waals surface area (Å²) in [6, 6.07) is 0. The molecule has 4 heteroatoms. The molecule has 84 valence electrons. The molecule has 0 bridgehead atoms. The topological polar surface area (TPSA) is 29.1 Å². The Kier molecular flexibility index (Phi) is 5.12. The largest absolute Gasteiger partial charge is 0.351 e. The lowest BCUT2D eigenvalue weighted by Crippen LogP contribution is -2.29. The molecule has 0 aliphatic rings. The summed E-state index contributed by atoms with van der Waals surface area (Å²) in [6.07, 6.45) is 1.98. The third kappa shape index (κ3) is 3.84. The van der Waals surface area contributed by atoms with E-state index in [0.29, 0.717) is 6.54 Å². The lowest BCUT2D eigenvalue weighted by Gasteiger charge is -2.09. The van der Waals surface area contributed by atoms with Crippen LogP contribution in [0.25, 0.3) is 0 Å². The maximum Gasteiger partial charge on any atom is 0.252 e. The minimum absolute atomic E-state index is 0.0181. The van der Waals surface area contributed by atoms with Crippen LogP contribution < -0.4 is 5.32 Å². The smallest absolute Gasteiger partial charge is 0.252 e. The van der Waals surface area contributed by atoms with E-state index in [2.05, 4.69) is 12.2 Å². The number of carbonyl (C=O) groups is 1. The SMILES string of the molecule is CCCC(Cl)CNC(=O)c1cscc1C. The van der Waals surface area contributed by atoms with E-state index >= 15 is 0 Å². The first kappa shape index (κ1) is 12.5. The first-order valence-corrected chi connectivity index (χ1v) is 6.48. The van der Waals surface area contributed by atoms with E-state index in [1.807, 2.05) is 17.7 Å². The van der Waals surface area contributed by atoms with E-state index in [-0.39, 0.29) is 11.3 Å². The molecule has 0 aromatic carbocycles. The monoisotopic (exact) mass is 245 g/mol. The van der Waals surface area contributed by atoms with E-state index in [1.165, 1.54) is 0 Å². The maximum absolute atomic E-state index is 11.7. The zero-order valence-electron chi connectivity index (χ0n) is 9.05. The fraction of sp³-hybridized carbons (Fsp3) is 0.545. The molecule has 0 spiro atoms. The number of halogens is 1. The van der Waals surface area contributed by atoms with Gasteiger partial charge >= 0.3 is 0 Å². The Morgan fingerprint density at radius 2 is 2.33 bits per heavy atom. The number of aryl methyl sites for hydroxylation is 1. The molecule has 15 heavy (non-hydrogen) atoms. The van der Waals surface area contributed by atoms with E-state index in [0.717, 1.165) is 24.0 Å². The van der Waals surface area contributed by atoms with Gasteiger partial charge in [0, 0.05) is 11.9 Å². The van der Waals surface area contributed by atoms with Gasteiger partial charge < -0.3 is 5.32 Å². The number of nitrogens with one attached hydrogen (secondary N) is 1. The molecule has 2 nitrogen and oxygen atoms in total. The number of rotatable bonds is 5. The summed E-state index contributed by atoms with van der Waals surface area (Å²) in [6.45, 7) is 4.57. The first-order chi connectivity index (χ1) is 7.15. The summed E-state index contributed by atoms with van der Waals surface area (Å²) in [5, 5.41) is 6.73. The lowest BCUT2D eigenvalue weighted by molar-refractivity contribution is 0.0953. The molecule has 0 aliphatic carbocycles. The average molecular weight is 246 g/mol. The molecule has 1 aromatic rings. The molecular formula is C11H16ClNOS. The zero-order chi connectivity index (χ0) is 11.3. The van der Waals surface area contributed by atoms with Crippen molar-refractivity contribution in [2.45, 2.75) is 32.1 Å². The second kappa shape index (κ2) is 6.13. The molecule has 1 heterocycles. The summed E-state index contributed by atoms with van der Waals surface area (Å²) >= 11 is 7.56. The van der Waals surface area contributed by atoms with Crippen LogP contribution in [0.2, 0.25) is 0 Å². The summed E-state index contributed by atoms with van der Waals surface area (Å²) < 4.78 is 0. The third-order valence-electron chi connectivity index (χ3n) is 2.19. The Labute approximate surface area is 99.6 Å². The van der Waals surface area contributed by atoms with Crippen molar-refractivity contribution in [1.82, 2.24) is 5.32 Å². The Morgan fingerprint density at radius 3 is 2.87 bits per heavy atom. The van der Waals surface area contributed by atoms with Crippen LogP contribution in [0, 0.1) is 6.92 Å². The van der Waals surface area contributed by atoms with E-state index in [1.54, 1.807) is 11.3 Å². The first-order valence-electron chi connectivity index (χ1n) is 5.10. The second-order valence-electron chi connectivity index (χ2n) is 3.56. The number of carbonyl (C=O) groups excluding carboxylic acids is 1. The highest BCUT2D eigenvalue weighted by molar-refractivity contribution is 7.08. The van der Waals surface area contributed by atoms with Gasteiger partial charge in [0.25, 0.3) is 5.91 Å². The van der Waals surface area contributed by atoms with Gasteiger partial charge in [-0.2, -0.15) is 11.3 Å². The predicted octanol–water partition coefficient (Wildman–Crippen LogP) is 3.19. The van der Waals surface area contributed by atoms with Gasteiger partial charge in [0.05, 0.1) is 10.9 Å². The van der Waals surface area contributed by atoms with Crippen molar-refractivity contribution in [2.75, 3.05) is 6.54 Å². The maximum atomic E-state index is 11.7. The molecule has 1 amide bonds. The standard InChI is InChI=1S/C11H16ClNOS/c1-3-4-9(12)5-13-11(14)10-7-15-6-8(10)2/h6-7,9H,3-5H2,1-2H3,(H,13,14). The number of hydrogen-bond acceptors (Lipinski definition) is 2. The number of alkyl halides is 1. The fourth-order valence-electron chi connectivity index (χ4n) is 1.31. The van der Waals surface area contributed by atoms with Crippen LogP contribution in [0.15, 0.2) is 10.8 Å². The number of amides is 1. The van der Waals surface area contributed by atoms with Crippen LogP contribution in [0.5, 0.6) is 0 Å². The van der Waals surface area contributed by atoms with Crippen LogP contribution in [0.1, 0.15) is 35.7 Å². The zero-order valence-corrected chi connectivity index (χ0v) is 10.6. The fourth-order valence-corrected chi connectivity index (χ4v) is 2.43. The van der Waals surface area contributed by atoms with Crippen molar-refractivity contribution < 1.29 is 4.79 Å². The van der Waals surface area contributed by atoms with E-state index in [9.17, 15) is 4.79 Å².